The maximum atomic E-state index is 13.3. The van der Waals surface area contributed by atoms with Gasteiger partial charge in [0.1, 0.15) is 0 Å². The summed E-state index contributed by atoms with van der Waals surface area (Å²) in [5, 5.41) is 0. The van der Waals surface area contributed by atoms with Crippen LogP contribution in [0.25, 0.3) is 28.3 Å². The second kappa shape index (κ2) is 11.8. The molecule has 0 atom stereocenters. The molecule has 3 heteroatoms. The molecule has 0 bridgehead atoms. The molecular weight excluding hydrogens is 418 g/mol. The Hall–Kier alpha value is -3.20. The van der Waals surface area contributed by atoms with E-state index < -0.39 is 0 Å². The predicted octanol–water partition coefficient (Wildman–Crippen LogP) is 8.65. The molecule has 0 aliphatic rings. The van der Waals surface area contributed by atoms with Gasteiger partial charge in [-0.2, -0.15) is 0 Å². The van der Waals surface area contributed by atoms with Gasteiger partial charge in [0.25, 0.3) is 0 Å². The first-order valence-corrected chi connectivity index (χ1v) is 12.5. The van der Waals surface area contributed by atoms with Crippen LogP contribution in [0.2, 0.25) is 0 Å². The minimum Gasteiger partial charge on any atom is -0.462 e. The summed E-state index contributed by atoms with van der Waals surface area (Å²) in [7, 11) is 0. The van der Waals surface area contributed by atoms with Crippen molar-refractivity contribution in [3.8, 4) is 22.3 Å². The normalized spacial score (nSPS) is 11.5. The Morgan fingerprint density at radius 1 is 0.853 bits per heavy atom. The monoisotopic (exact) mass is 455 g/mol. The molecule has 1 heterocycles. The van der Waals surface area contributed by atoms with E-state index in [2.05, 4.69) is 83.2 Å². The molecule has 2 aromatic carbocycles. The highest BCUT2D eigenvalue weighted by molar-refractivity contribution is 6.01. The van der Waals surface area contributed by atoms with Gasteiger partial charge >= 0.3 is 5.97 Å². The number of hydrogen-bond acceptors (Lipinski definition) is 3. The van der Waals surface area contributed by atoms with E-state index in [0.717, 1.165) is 46.5 Å². The van der Waals surface area contributed by atoms with E-state index in [1.165, 1.54) is 5.56 Å². The van der Waals surface area contributed by atoms with Crippen molar-refractivity contribution in [1.29, 1.82) is 0 Å². The zero-order chi connectivity index (χ0) is 24.7. The Kier molecular flexibility index (Phi) is 8.81. The van der Waals surface area contributed by atoms with Crippen LogP contribution in [-0.4, -0.2) is 17.6 Å². The Balaban J connectivity index is 2.33. The SMILES string of the molecule is CCC/C=C/c1c(C(C)C)nc(C(C)C)c(C(=O)OCC)c1-c1ccc(-c2ccccc2)cc1. The van der Waals surface area contributed by atoms with Gasteiger partial charge in [0.2, 0.25) is 0 Å². The van der Waals surface area contributed by atoms with Crippen LogP contribution in [0.4, 0.5) is 0 Å². The molecule has 0 amide bonds. The van der Waals surface area contributed by atoms with E-state index in [1.807, 2.05) is 25.1 Å². The number of hydrogen-bond donors (Lipinski definition) is 0. The van der Waals surface area contributed by atoms with Crippen molar-refractivity contribution in [3.05, 3.63) is 83.2 Å². The molecule has 3 nitrogen and oxygen atoms in total. The number of carbonyl (C=O) groups excluding carboxylic acids is 1. The number of benzene rings is 2. The summed E-state index contributed by atoms with van der Waals surface area (Å²) < 4.78 is 5.55. The molecule has 0 saturated carbocycles. The topological polar surface area (TPSA) is 39.2 Å². The van der Waals surface area contributed by atoms with E-state index in [0.29, 0.717) is 12.2 Å². The molecule has 0 aliphatic heterocycles. The third kappa shape index (κ3) is 5.64. The Bertz CT molecular complexity index is 1130. The molecule has 3 rings (SSSR count). The first-order valence-electron chi connectivity index (χ1n) is 12.5. The number of allylic oxidation sites excluding steroid dienone is 1. The Morgan fingerprint density at radius 3 is 2.00 bits per heavy atom. The highest BCUT2D eigenvalue weighted by Crippen LogP contribution is 2.38. The highest BCUT2D eigenvalue weighted by Gasteiger charge is 2.27. The molecule has 0 saturated heterocycles. The van der Waals surface area contributed by atoms with Gasteiger partial charge in [-0.25, -0.2) is 4.79 Å². The molecule has 178 valence electrons. The number of carbonyl (C=O) groups is 1. The van der Waals surface area contributed by atoms with E-state index in [1.54, 1.807) is 0 Å². The van der Waals surface area contributed by atoms with Crippen molar-refractivity contribution < 1.29 is 9.53 Å². The van der Waals surface area contributed by atoms with Crippen LogP contribution in [0.15, 0.2) is 60.7 Å². The van der Waals surface area contributed by atoms with Gasteiger partial charge in [0.15, 0.2) is 0 Å². The van der Waals surface area contributed by atoms with Gasteiger partial charge in [-0.3, -0.25) is 4.98 Å². The van der Waals surface area contributed by atoms with Crippen LogP contribution in [0.1, 0.15) is 93.5 Å². The number of unbranched alkanes of at least 4 members (excludes halogenated alkanes) is 1. The summed E-state index contributed by atoms with van der Waals surface area (Å²) in [6.07, 6.45) is 6.38. The molecule has 3 aromatic rings. The van der Waals surface area contributed by atoms with Gasteiger partial charge < -0.3 is 4.74 Å². The van der Waals surface area contributed by atoms with Crippen molar-refractivity contribution in [2.24, 2.45) is 0 Å². The van der Waals surface area contributed by atoms with Crippen LogP contribution in [-0.2, 0) is 4.74 Å². The van der Waals surface area contributed by atoms with Gasteiger partial charge in [-0.1, -0.05) is 108 Å². The summed E-state index contributed by atoms with van der Waals surface area (Å²) in [6, 6.07) is 18.8. The van der Waals surface area contributed by atoms with Gasteiger partial charge in [0.05, 0.1) is 23.6 Å². The molecule has 0 spiro atoms. The third-order valence-electron chi connectivity index (χ3n) is 5.89. The lowest BCUT2D eigenvalue weighted by atomic mass is 9.86. The fourth-order valence-electron chi connectivity index (χ4n) is 4.20. The molecule has 0 fully saturated rings. The highest BCUT2D eigenvalue weighted by atomic mass is 16.5. The molecule has 0 unspecified atom stereocenters. The Labute approximate surface area is 204 Å². The van der Waals surface area contributed by atoms with E-state index >= 15 is 0 Å². The Morgan fingerprint density at radius 2 is 1.44 bits per heavy atom. The van der Waals surface area contributed by atoms with Crippen molar-refractivity contribution in [2.75, 3.05) is 6.61 Å². The lowest BCUT2D eigenvalue weighted by Gasteiger charge is -2.23. The molecule has 0 N–H and O–H groups in total. The smallest absolute Gasteiger partial charge is 0.340 e. The largest absolute Gasteiger partial charge is 0.462 e. The van der Waals surface area contributed by atoms with E-state index in [9.17, 15) is 4.79 Å². The van der Waals surface area contributed by atoms with Crippen LogP contribution in [0, 0.1) is 0 Å². The predicted molar refractivity (Wildman–Crippen MR) is 143 cm³/mol. The quantitative estimate of drug-likeness (QED) is 0.303. The van der Waals surface area contributed by atoms with Crippen molar-refractivity contribution in [1.82, 2.24) is 4.98 Å². The third-order valence-corrected chi connectivity index (χ3v) is 5.89. The van der Waals surface area contributed by atoms with Crippen LogP contribution in [0.5, 0.6) is 0 Å². The standard InChI is InChI=1S/C31H37NO2/c1-7-9-11-16-26-27(25-19-17-24(18-20-25)23-14-12-10-13-15-23)28(31(33)34-8-2)30(22(5)6)32-29(26)21(3)4/h10-22H,7-9H2,1-6H3/b16-11+. The van der Waals surface area contributed by atoms with Gasteiger partial charge in [-0.15, -0.1) is 0 Å². The number of ether oxygens (including phenoxy) is 1. The second-order valence-corrected chi connectivity index (χ2v) is 9.21. The van der Waals surface area contributed by atoms with E-state index in [4.69, 9.17) is 9.72 Å². The van der Waals surface area contributed by atoms with Crippen molar-refractivity contribution >= 4 is 12.0 Å². The number of rotatable bonds is 9. The van der Waals surface area contributed by atoms with E-state index in [-0.39, 0.29) is 17.8 Å². The first kappa shape index (κ1) is 25.4. The first-order chi connectivity index (χ1) is 16.4. The minimum atomic E-state index is -0.304. The average molecular weight is 456 g/mol. The number of aromatic nitrogens is 1. The van der Waals surface area contributed by atoms with Crippen molar-refractivity contribution in [2.45, 2.75) is 66.2 Å². The fourth-order valence-corrected chi connectivity index (χ4v) is 4.20. The van der Waals surface area contributed by atoms with Crippen LogP contribution < -0.4 is 0 Å². The maximum Gasteiger partial charge on any atom is 0.340 e. The van der Waals surface area contributed by atoms with Crippen LogP contribution in [0.3, 0.4) is 0 Å². The minimum absolute atomic E-state index is 0.0907. The summed E-state index contributed by atoms with van der Waals surface area (Å²) in [5.74, 6) is 0.00608. The zero-order valence-electron chi connectivity index (χ0n) is 21.4. The molecule has 0 radical (unpaired) electrons. The van der Waals surface area contributed by atoms with Gasteiger partial charge in [0, 0.05) is 11.1 Å². The lowest BCUT2D eigenvalue weighted by Crippen LogP contribution is -2.16. The number of esters is 1. The maximum absolute atomic E-state index is 13.3. The zero-order valence-corrected chi connectivity index (χ0v) is 21.4. The summed E-state index contributed by atoms with van der Waals surface area (Å²) in [6.45, 7) is 12.8. The molecule has 0 aliphatic carbocycles. The molecule has 34 heavy (non-hydrogen) atoms. The number of pyridine rings is 1. The fraction of sp³-hybridized carbons (Fsp3) is 0.355. The summed E-state index contributed by atoms with van der Waals surface area (Å²) >= 11 is 0. The second-order valence-electron chi connectivity index (χ2n) is 9.21. The summed E-state index contributed by atoms with van der Waals surface area (Å²) in [5.41, 5.74) is 7.67. The molecular formula is C31H37NO2. The average Bonchev–Trinajstić information content (AvgIpc) is 2.84. The lowest BCUT2D eigenvalue weighted by molar-refractivity contribution is 0.0525. The summed E-state index contributed by atoms with van der Waals surface area (Å²) in [4.78, 5) is 18.4. The number of nitrogens with zero attached hydrogens (tertiary/aromatic N) is 1. The molecule has 1 aromatic heterocycles. The van der Waals surface area contributed by atoms with Gasteiger partial charge in [-0.05, 0) is 41.9 Å². The van der Waals surface area contributed by atoms with Crippen LogP contribution >= 0.6 is 0 Å². The van der Waals surface area contributed by atoms with Crippen molar-refractivity contribution in [3.63, 3.8) is 0 Å².